The minimum atomic E-state index is -3.83. The molecule has 0 bridgehead atoms. The summed E-state index contributed by atoms with van der Waals surface area (Å²) in [5.74, 6) is 0. The van der Waals surface area contributed by atoms with Gasteiger partial charge >= 0.3 is 16.3 Å². The maximum atomic E-state index is 11.7. The fraction of sp³-hybridized carbons (Fsp3) is 0.417. The quantitative estimate of drug-likeness (QED) is 0.741. The van der Waals surface area contributed by atoms with Crippen LogP contribution in [0.15, 0.2) is 30.3 Å². The van der Waals surface area contributed by atoms with Gasteiger partial charge < -0.3 is 9.47 Å². The Morgan fingerprint density at radius 2 is 2.05 bits per heavy atom. The predicted octanol–water partition coefficient (Wildman–Crippen LogP) is 0.490. The maximum absolute atomic E-state index is 11.7. The molecule has 0 saturated carbocycles. The molecule has 1 aliphatic rings. The highest BCUT2D eigenvalue weighted by Crippen LogP contribution is 2.07. The molecule has 0 unspecified atom stereocenters. The summed E-state index contributed by atoms with van der Waals surface area (Å²) in [7, 11) is -3.83. The zero-order valence-electron chi connectivity index (χ0n) is 10.8. The molecule has 1 N–H and O–H groups in total. The molecule has 1 aliphatic heterocycles. The first-order valence-electron chi connectivity index (χ1n) is 6.15. The molecular formula is C12H16N2O5S. The minimum Gasteiger partial charge on any atom is -0.447 e. The van der Waals surface area contributed by atoms with Gasteiger partial charge in [0.15, 0.2) is 0 Å². The van der Waals surface area contributed by atoms with E-state index in [9.17, 15) is 13.2 Å². The lowest BCUT2D eigenvalue weighted by Crippen LogP contribution is -2.42. The molecule has 1 fully saturated rings. The van der Waals surface area contributed by atoms with E-state index in [2.05, 4.69) is 9.46 Å². The number of carbonyl (C=O) groups excluding carboxylic acids is 1. The number of nitrogens with one attached hydrogen (secondary N) is 1. The van der Waals surface area contributed by atoms with Crippen molar-refractivity contribution in [1.82, 2.24) is 9.03 Å². The zero-order valence-corrected chi connectivity index (χ0v) is 11.6. The van der Waals surface area contributed by atoms with Crippen molar-refractivity contribution in [3.63, 3.8) is 0 Å². The number of amides is 1. The molecule has 0 spiro atoms. The van der Waals surface area contributed by atoms with Gasteiger partial charge in [0.1, 0.15) is 6.61 Å². The summed E-state index contributed by atoms with van der Waals surface area (Å²) >= 11 is 0. The first-order chi connectivity index (χ1) is 9.59. The number of cyclic esters (lactones) is 1. The zero-order chi connectivity index (χ0) is 14.4. The lowest BCUT2D eigenvalue weighted by atomic mass is 10.2. The first kappa shape index (κ1) is 14.8. The van der Waals surface area contributed by atoms with E-state index < -0.39 is 16.3 Å². The third-order valence-corrected chi connectivity index (χ3v) is 4.14. The molecule has 1 heterocycles. The number of benzene rings is 1. The van der Waals surface area contributed by atoms with Gasteiger partial charge in [-0.3, -0.25) is 0 Å². The SMILES string of the molecule is O=C1OCCN1S(=O)(=O)NCCOCc1ccccc1. The lowest BCUT2D eigenvalue weighted by Gasteiger charge is -2.14. The van der Waals surface area contributed by atoms with E-state index in [1.807, 2.05) is 30.3 Å². The largest absolute Gasteiger partial charge is 0.447 e. The van der Waals surface area contributed by atoms with Gasteiger partial charge in [-0.1, -0.05) is 30.3 Å². The Kier molecular flexibility index (Phi) is 4.94. The second kappa shape index (κ2) is 6.69. The summed E-state index contributed by atoms with van der Waals surface area (Å²) in [6.45, 7) is 0.855. The van der Waals surface area contributed by atoms with Gasteiger partial charge in [-0.25, -0.2) is 4.79 Å². The van der Waals surface area contributed by atoms with Crippen molar-refractivity contribution in [2.75, 3.05) is 26.3 Å². The lowest BCUT2D eigenvalue weighted by molar-refractivity contribution is 0.125. The third kappa shape index (κ3) is 3.92. The van der Waals surface area contributed by atoms with Crippen molar-refractivity contribution in [3.8, 4) is 0 Å². The molecular weight excluding hydrogens is 284 g/mol. The fourth-order valence-electron chi connectivity index (χ4n) is 1.68. The standard InChI is InChI=1S/C12H16N2O5S/c15-12-14(7-9-19-12)20(16,17)13-6-8-18-10-11-4-2-1-3-5-11/h1-5,13H,6-10H2. The van der Waals surface area contributed by atoms with Crippen molar-refractivity contribution < 1.29 is 22.7 Å². The maximum Gasteiger partial charge on any atom is 0.424 e. The predicted molar refractivity (Wildman–Crippen MR) is 71.1 cm³/mol. The van der Waals surface area contributed by atoms with Gasteiger partial charge in [-0.15, -0.1) is 0 Å². The van der Waals surface area contributed by atoms with Gasteiger partial charge in [0.2, 0.25) is 0 Å². The van der Waals surface area contributed by atoms with Crippen molar-refractivity contribution in [2.24, 2.45) is 0 Å². The Balaban J connectivity index is 1.69. The van der Waals surface area contributed by atoms with E-state index in [1.165, 1.54) is 0 Å². The molecule has 7 nitrogen and oxygen atoms in total. The average Bonchev–Trinajstić information content (AvgIpc) is 2.86. The molecule has 2 rings (SSSR count). The molecule has 1 saturated heterocycles. The number of hydrogen-bond donors (Lipinski definition) is 1. The third-order valence-electron chi connectivity index (χ3n) is 2.66. The average molecular weight is 300 g/mol. The van der Waals surface area contributed by atoms with Crippen molar-refractivity contribution >= 4 is 16.3 Å². The second-order valence-electron chi connectivity index (χ2n) is 4.12. The molecule has 110 valence electrons. The van der Waals surface area contributed by atoms with Gasteiger partial charge in [0.25, 0.3) is 0 Å². The number of hydrogen-bond acceptors (Lipinski definition) is 5. The van der Waals surface area contributed by atoms with Crippen LogP contribution in [-0.2, 0) is 26.3 Å². The van der Waals surface area contributed by atoms with E-state index in [1.54, 1.807) is 0 Å². The summed E-state index contributed by atoms with van der Waals surface area (Å²) < 4.78 is 36.3. The van der Waals surface area contributed by atoms with Crippen molar-refractivity contribution in [2.45, 2.75) is 6.61 Å². The smallest absolute Gasteiger partial charge is 0.424 e. The summed E-state index contributed by atoms with van der Waals surface area (Å²) in [6.07, 6.45) is -0.845. The van der Waals surface area contributed by atoms with Crippen LogP contribution in [0, 0.1) is 0 Å². The van der Waals surface area contributed by atoms with E-state index >= 15 is 0 Å². The molecule has 8 heteroatoms. The van der Waals surface area contributed by atoms with E-state index in [0.29, 0.717) is 10.9 Å². The molecule has 20 heavy (non-hydrogen) atoms. The first-order valence-corrected chi connectivity index (χ1v) is 7.59. The van der Waals surface area contributed by atoms with Gasteiger partial charge in [-0.05, 0) is 5.56 Å². The van der Waals surface area contributed by atoms with Gasteiger partial charge in [-0.2, -0.15) is 17.4 Å². The topological polar surface area (TPSA) is 84.9 Å². The van der Waals surface area contributed by atoms with Crippen LogP contribution in [0.2, 0.25) is 0 Å². The molecule has 0 aromatic heterocycles. The van der Waals surface area contributed by atoms with Crippen LogP contribution in [0.3, 0.4) is 0 Å². The molecule has 1 amide bonds. The number of nitrogens with zero attached hydrogens (tertiary/aromatic N) is 1. The molecule has 0 aliphatic carbocycles. The molecule has 0 radical (unpaired) electrons. The van der Waals surface area contributed by atoms with Crippen LogP contribution in [0.25, 0.3) is 0 Å². The molecule has 0 atom stereocenters. The van der Waals surface area contributed by atoms with Crippen LogP contribution in [-0.4, -0.2) is 45.1 Å². The minimum absolute atomic E-state index is 0.0407. The Morgan fingerprint density at radius 1 is 1.30 bits per heavy atom. The normalized spacial score (nSPS) is 15.4. The molecule has 1 aromatic carbocycles. The highest BCUT2D eigenvalue weighted by atomic mass is 32.2. The van der Waals surface area contributed by atoms with Crippen molar-refractivity contribution in [3.05, 3.63) is 35.9 Å². The summed E-state index contributed by atoms with van der Waals surface area (Å²) in [5.41, 5.74) is 1.01. The van der Waals surface area contributed by atoms with E-state index in [-0.39, 0.29) is 26.3 Å². The second-order valence-corrected chi connectivity index (χ2v) is 5.80. The number of ether oxygens (including phenoxy) is 2. The number of rotatable bonds is 7. The highest BCUT2D eigenvalue weighted by molar-refractivity contribution is 7.87. The number of carbonyl (C=O) groups is 1. The molecule has 1 aromatic rings. The Morgan fingerprint density at radius 3 is 2.70 bits per heavy atom. The Labute approximate surface area is 117 Å². The summed E-state index contributed by atoms with van der Waals surface area (Å²) in [4.78, 5) is 11.1. The van der Waals surface area contributed by atoms with Gasteiger partial charge in [0.05, 0.1) is 19.8 Å². The highest BCUT2D eigenvalue weighted by Gasteiger charge is 2.32. The Bertz CT molecular complexity index is 546. The van der Waals surface area contributed by atoms with Gasteiger partial charge in [0, 0.05) is 6.54 Å². The van der Waals surface area contributed by atoms with Crippen LogP contribution in [0.1, 0.15) is 5.56 Å². The monoisotopic (exact) mass is 300 g/mol. The van der Waals surface area contributed by atoms with Crippen LogP contribution < -0.4 is 4.72 Å². The van der Waals surface area contributed by atoms with Crippen LogP contribution in [0.4, 0.5) is 4.79 Å². The van der Waals surface area contributed by atoms with Crippen molar-refractivity contribution in [1.29, 1.82) is 0 Å². The van der Waals surface area contributed by atoms with E-state index in [4.69, 9.17) is 4.74 Å². The van der Waals surface area contributed by atoms with Crippen LogP contribution >= 0.6 is 0 Å². The Hall–Kier alpha value is -1.64. The summed E-state index contributed by atoms with van der Waals surface area (Å²) in [6, 6.07) is 9.56. The van der Waals surface area contributed by atoms with E-state index in [0.717, 1.165) is 5.56 Å². The van der Waals surface area contributed by atoms with Crippen LogP contribution in [0.5, 0.6) is 0 Å². The fourth-order valence-corrected chi connectivity index (χ4v) is 2.74. The summed E-state index contributed by atoms with van der Waals surface area (Å²) in [5, 5.41) is 0.